The van der Waals surface area contributed by atoms with Gasteiger partial charge in [0.25, 0.3) is 0 Å². The third kappa shape index (κ3) is 4.24. The van der Waals surface area contributed by atoms with Gasteiger partial charge in [0, 0.05) is 36.9 Å². The molecule has 0 aliphatic heterocycles. The van der Waals surface area contributed by atoms with E-state index in [1.807, 2.05) is 11.3 Å². The van der Waals surface area contributed by atoms with Crippen LogP contribution in [-0.2, 0) is 0 Å². The Hall–Kier alpha value is -5.96. The molecular weight excluding hydrogens is 599 g/mol. The molecule has 1 aromatic heterocycles. The number of rotatable bonds is 4. The second-order valence-electron chi connectivity index (χ2n) is 12.5. The maximum absolute atomic E-state index is 2.46. The van der Waals surface area contributed by atoms with Crippen LogP contribution in [0.15, 0.2) is 176 Å². The molecular formula is C46H29NS. The maximum Gasteiger partial charge on any atom is 0.0546 e. The van der Waals surface area contributed by atoms with Crippen molar-refractivity contribution in [1.29, 1.82) is 0 Å². The minimum absolute atomic E-state index is 1.13. The fraction of sp³-hybridized carbons (Fsp3) is 0. The van der Waals surface area contributed by atoms with E-state index < -0.39 is 0 Å². The topological polar surface area (TPSA) is 3.24 Å². The van der Waals surface area contributed by atoms with Gasteiger partial charge in [-0.25, -0.2) is 0 Å². The monoisotopic (exact) mass is 627 g/mol. The van der Waals surface area contributed by atoms with Crippen LogP contribution in [0.1, 0.15) is 0 Å². The number of hydrogen-bond donors (Lipinski definition) is 0. The van der Waals surface area contributed by atoms with Gasteiger partial charge < -0.3 is 4.90 Å². The average molecular weight is 628 g/mol. The normalized spacial score (nSPS) is 11.8. The summed E-state index contributed by atoms with van der Waals surface area (Å²) in [5, 5.41) is 12.7. The molecule has 1 heterocycles. The van der Waals surface area contributed by atoms with Crippen LogP contribution in [0.5, 0.6) is 0 Å². The number of fused-ring (bicyclic) bond motifs is 9. The molecule has 1 nitrogen and oxygen atoms in total. The molecule has 9 aromatic carbocycles. The van der Waals surface area contributed by atoms with Crippen LogP contribution in [0.25, 0.3) is 74.4 Å². The summed E-state index contributed by atoms with van der Waals surface area (Å²) >= 11 is 1.87. The fourth-order valence-corrected chi connectivity index (χ4v) is 8.72. The van der Waals surface area contributed by atoms with E-state index in [1.54, 1.807) is 0 Å². The lowest BCUT2D eigenvalue weighted by Crippen LogP contribution is -2.10. The summed E-state index contributed by atoms with van der Waals surface area (Å²) in [5.41, 5.74) is 5.92. The molecule has 0 unspecified atom stereocenters. The molecule has 0 saturated carbocycles. The minimum atomic E-state index is 1.13. The van der Waals surface area contributed by atoms with Crippen LogP contribution >= 0.6 is 11.3 Å². The zero-order chi connectivity index (χ0) is 31.6. The van der Waals surface area contributed by atoms with Gasteiger partial charge in [0.15, 0.2) is 0 Å². The van der Waals surface area contributed by atoms with E-state index in [2.05, 4.69) is 181 Å². The third-order valence-electron chi connectivity index (χ3n) is 9.81. The summed E-state index contributed by atoms with van der Waals surface area (Å²) in [5.74, 6) is 0. The minimum Gasteiger partial charge on any atom is -0.310 e. The van der Waals surface area contributed by atoms with Gasteiger partial charge in [-0.05, 0) is 85.2 Å². The van der Waals surface area contributed by atoms with E-state index in [0.29, 0.717) is 0 Å². The van der Waals surface area contributed by atoms with Gasteiger partial charge in [0.05, 0.1) is 5.69 Å². The highest BCUT2D eigenvalue weighted by molar-refractivity contribution is 7.25. The molecule has 224 valence electrons. The van der Waals surface area contributed by atoms with Gasteiger partial charge in [-0.2, -0.15) is 0 Å². The van der Waals surface area contributed by atoms with Crippen molar-refractivity contribution in [3.05, 3.63) is 176 Å². The van der Waals surface area contributed by atoms with Crippen molar-refractivity contribution in [1.82, 2.24) is 0 Å². The van der Waals surface area contributed by atoms with Gasteiger partial charge >= 0.3 is 0 Å². The Morgan fingerprint density at radius 2 is 0.938 bits per heavy atom. The van der Waals surface area contributed by atoms with E-state index in [1.165, 1.54) is 80.1 Å². The summed E-state index contributed by atoms with van der Waals surface area (Å²) in [7, 11) is 0. The van der Waals surface area contributed by atoms with Crippen LogP contribution in [-0.4, -0.2) is 0 Å². The molecule has 2 heteroatoms. The van der Waals surface area contributed by atoms with Crippen molar-refractivity contribution < 1.29 is 0 Å². The highest BCUT2D eigenvalue weighted by atomic mass is 32.1. The Bertz CT molecular complexity index is 2820. The molecule has 0 bridgehead atoms. The first kappa shape index (κ1) is 27.2. The van der Waals surface area contributed by atoms with Gasteiger partial charge in [-0.3, -0.25) is 0 Å². The zero-order valence-electron chi connectivity index (χ0n) is 26.1. The summed E-state index contributed by atoms with van der Waals surface area (Å²) in [6.07, 6.45) is 0. The molecule has 0 fully saturated rings. The molecule has 0 atom stereocenters. The SMILES string of the molecule is c1ccc2c(-c3ccc(N(c4ccc5c(c4)sc4ccccc45)c4cc5ccccc5c5c4ccc4ccccc45)cc3)cccc2c1. The molecule has 0 aliphatic carbocycles. The van der Waals surface area contributed by atoms with E-state index in [0.717, 1.165) is 11.4 Å². The average Bonchev–Trinajstić information content (AvgIpc) is 3.53. The third-order valence-corrected chi connectivity index (χ3v) is 10.9. The highest BCUT2D eigenvalue weighted by Gasteiger charge is 2.20. The summed E-state index contributed by atoms with van der Waals surface area (Å²) in [4.78, 5) is 2.46. The predicted molar refractivity (Wildman–Crippen MR) is 209 cm³/mol. The maximum atomic E-state index is 2.46. The summed E-state index contributed by atoms with van der Waals surface area (Å²) in [6.45, 7) is 0. The number of hydrogen-bond acceptors (Lipinski definition) is 2. The van der Waals surface area contributed by atoms with E-state index >= 15 is 0 Å². The Balaban J connectivity index is 1.24. The lowest BCUT2D eigenvalue weighted by molar-refractivity contribution is 1.31. The fourth-order valence-electron chi connectivity index (χ4n) is 7.58. The number of nitrogens with zero attached hydrogens (tertiary/aromatic N) is 1. The zero-order valence-corrected chi connectivity index (χ0v) is 26.9. The second kappa shape index (κ2) is 10.8. The molecule has 0 N–H and O–H groups in total. The Morgan fingerprint density at radius 1 is 0.354 bits per heavy atom. The van der Waals surface area contributed by atoms with Gasteiger partial charge in [-0.1, -0.05) is 140 Å². The quantitative estimate of drug-likeness (QED) is 0.176. The van der Waals surface area contributed by atoms with Gasteiger partial charge in [-0.15, -0.1) is 11.3 Å². The second-order valence-corrected chi connectivity index (χ2v) is 13.6. The van der Waals surface area contributed by atoms with Crippen LogP contribution in [0, 0.1) is 0 Å². The van der Waals surface area contributed by atoms with Gasteiger partial charge in [0.1, 0.15) is 0 Å². The van der Waals surface area contributed by atoms with Crippen molar-refractivity contribution in [2.75, 3.05) is 4.90 Å². The molecule has 0 aliphatic rings. The summed E-state index contributed by atoms with van der Waals surface area (Å²) in [6, 6.07) is 64.6. The number of thiophene rings is 1. The van der Waals surface area contributed by atoms with Crippen LogP contribution in [0.4, 0.5) is 17.1 Å². The standard InChI is InChI=1S/C46H29NS/c1-4-14-36-30(10-1)13-9-18-37(36)32-20-23-34(24-21-32)47(35-25-27-41-40-17-7-8-19-44(40)48-45(41)29-35)43-28-33-12-3-6-16-39(33)46-38-15-5-2-11-31(38)22-26-42(43)46/h1-29H. The summed E-state index contributed by atoms with van der Waals surface area (Å²) < 4.78 is 2.61. The molecule has 10 aromatic rings. The Morgan fingerprint density at radius 3 is 1.75 bits per heavy atom. The molecule has 48 heavy (non-hydrogen) atoms. The lowest BCUT2D eigenvalue weighted by atomic mass is 9.94. The van der Waals surface area contributed by atoms with Crippen molar-refractivity contribution in [3.8, 4) is 11.1 Å². The number of anilines is 3. The Kier molecular flexibility index (Phi) is 6.12. The van der Waals surface area contributed by atoms with Gasteiger partial charge in [0.2, 0.25) is 0 Å². The van der Waals surface area contributed by atoms with E-state index in [-0.39, 0.29) is 0 Å². The van der Waals surface area contributed by atoms with Crippen LogP contribution < -0.4 is 4.90 Å². The Labute approximate surface area is 282 Å². The molecule has 0 saturated heterocycles. The van der Waals surface area contributed by atoms with Crippen LogP contribution in [0.3, 0.4) is 0 Å². The van der Waals surface area contributed by atoms with Crippen molar-refractivity contribution in [3.63, 3.8) is 0 Å². The first-order valence-electron chi connectivity index (χ1n) is 16.4. The predicted octanol–water partition coefficient (Wildman–Crippen LogP) is 13.8. The molecule has 0 spiro atoms. The molecule has 0 radical (unpaired) electrons. The molecule has 0 amide bonds. The first-order chi connectivity index (χ1) is 23.8. The largest absolute Gasteiger partial charge is 0.310 e. The lowest BCUT2D eigenvalue weighted by Gasteiger charge is -2.28. The molecule has 10 rings (SSSR count). The van der Waals surface area contributed by atoms with Crippen molar-refractivity contribution in [2.45, 2.75) is 0 Å². The van der Waals surface area contributed by atoms with Crippen molar-refractivity contribution >= 4 is 91.7 Å². The van der Waals surface area contributed by atoms with E-state index in [4.69, 9.17) is 0 Å². The highest BCUT2D eigenvalue weighted by Crippen LogP contribution is 2.46. The number of benzene rings is 9. The van der Waals surface area contributed by atoms with Crippen LogP contribution in [0.2, 0.25) is 0 Å². The first-order valence-corrected chi connectivity index (χ1v) is 17.2. The van der Waals surface area contributed by atoms with E-state index in [9.17, 15) is 0 Å². The van der Waals surface area contributed by atoms with Crippen molar-refractivity contribution in [2.24, 2.45) is 0 Å². The smallest absolute Gasteiger partial charge is 0.0546 e.